The van der Waals surface area contributed by atoms with Gasteiger partial charge < -0.3 is 15.5 Å². The quantitative estimate of drug-likeness (QED) is 0.0464. The summed E-state index contributed by atoms with van der Waals surface area (Å²) in [6.45, 7) is 4.30. The van der Waals surface area contributed by atoms with E-state index >= 15 is 0 Å². The van der Waals surface area contributed by atoms with Crippen LogP contribution >= 0.6 is 0 Å². The van der Waals surface area contributed by atoms with Crippen LogP contribution in [0.3, 0.4) is 0 Å². The van der Waals surface area contributed by atoms with Crippen molar-refractivity contribution >= 4 is 5.91 Å². The molecule has 0 aliphatic heterocycles. The summed E-state index contributed by atoms with van der Waals surface area (Å²) in [4.78, 5) is 12.3. The predicted octanol–water partition coefficient (Wildman–Crippen LogP) is 12.5. The van der Waals surface area contributed by atoms with Crippen molar-refractivity contribution in [3.05, 3.63) is 24.3 Å². The second kappa shape index (κ2) is 38.3. The fourth-order valence-corrected chi connectivity index (χ4v) is 6.23. The van der Waals surface area contributed by atoms with Crippen LogP contribution in [0.5, 0.6) is 0 Å². The van der Waals surface area contributed by atoms with Gasteiger partial charge >= 0.3 is 0 Å². The maximum atomic E-state index is 12.3. The number of carbonyl (C=O) groups excluding carboxylic acids is 1. The van der Waals surface area contributed by atoms with E-state index in [-0.39, 0.29) is 12.5 Å². The molecule has 0 aliphatic carbocycles. The van der Waals surface area contributed by atoms with E-state index in [1.165, 1.54) is 173 Å². The van der Waals surface area contributed by atoms with Gasteiger partial charge in [0.25, 0.3) is 0 Å². The Hall–Kier alpha value is -1.13. The normalized spacial score (nSPS) is 13.2. The first-order valence-corrected chi connectivity index (χ1v) is 20.6. The third kappa shape index (κ3) is 34.2. The number of unbranched alkanes of at least 4 members (excludes halogenated alkanes) is 28. The molecule has 0 rings (SSSR count). The largest absolute Gasteiger partial charge is 0.394 e. The molecule has 0 radical (unpaired) electrons. The first-order valence-electron chi connectivity index (χ1n) is 20.6. The Labute approximate surface area is 288 Å². The Bertz CT molecular complexity index is 661. The van der Waals surface area contributed by atoms with Crippen LogP contribution in [0.1, 0.15) is 219 Å². The van der Waals surface area contributed by atoms with Crippen LogP contribution in [-0.2, 0) is 4.79 Å². The summed E-state index contributed by atoms with van der Waals surface area (Å²) in [5.41, 5.74) is 0. The van der Waals surface area contributed by atoms with Crippen LogP contribution in [0.2, 0.25) is 0 Å². The van der Waals surface area contributed by atoms with Gasteiger partial charge in [0.1, 0.15) is 0 Å². The van der Waals surface area contributed by atoms with Gasteiger partial charge in [-0.25, -0.2) is 0 Å². The number of allylic oxidation sites excluding steroid dienone is 3. The molecule has 46 heavy (non-hydrogen) atoms. The highest BCUT2D eigenvalue weighted by atomic mass is 16.3. The monoisotopic (exact) mass is 648 g/mol. The van der Waals surface area contributed by atoms with Gasteiger partial charge in [-0.3, -0.25) is 4.79 Å². The lowest BCUT2D eigenvalue weighted by Crippen LogP contribution is -2.45. The van der Waals surface area contributed by atoms with Crippen molar-refractivity contribution in [2.45, 2.75) is 231 Å². The first-order chi connectivity index (χ1) is 22.7. The topological polar surface area (TPSA) is 69.6 Å². The molecule has 272 valence electrons. The van der Waals surface area contributed by atoms with Crippen LogP contribution in [0, 0.1) is 0 Å². The lowest BCUT2D eigenvalue weighted by molar-refractivity contribution is -0.123. The zero-order chi connectivity index (χ0) is 33.6. The number of rotatable bonds is 37. The summed E-state index contributed by atoms with van der Waals surface area (Å²) >= 11 is 0. The van der Waals surface area contributed by atoms with Gasteiger partial charge in [-0.1, -0.05) is 192 Å². The van der Waals surface area contributed by atoms with Gasteiger partial charge in [0.15, 0.2) is 0 Å². The minimum absolute atomic E-state index is 0.0647. The van der Waals surface area contributed by atoms with E-state index in [2.05, 4.69) is 31.3 Å². The molecule has 0 aliphatic rings. The molecule has 0 fully saturated rings. The van der Waals surface area contributed by atoms with Crippen LogP contribution in [0.25, 0.3) is 0 Å². The van der Waals surface area contributed by atoms with Crippen molar-refractivity contribution in [2.24, 2.45) is 0 Å². The van der Waals surface area contributed by atoms with E-state index < -0.39 is 12.1 Å². The molecule has 0 unspecified atom stereocenters. The smallest absolute Gasteiger partial charge is 0.220 e. The third-order valence-electron chi connectivity index (χ3n) is 9.43. The van der Waals surface area contributed by atoms with Crippen LogP contribution in [-0.4, -0.2) is 34.9 Å². The molecule has 4 nitrogen and oxygen atoms in total. The minimum atomic E-state index is -0.835. The van der Waals surface area contributed by atoms with E-state index in [0.717, 1.165) is 25.7 Å². The molecule has 2 atom stereocenters. The number of hydrogen-bond acceptors (Lipinski definition) is 3. The maximum Gasteiger partial charge on any atom is 0.220 e. The molecule has 4 heteroatoms. The second-order valence-electron chi connectivity index (χ2n) is 14.1. The van der Waals surface area contributed by atoms with Crippen LogP contribution in [0.4, 0.5) is 0 Å². The van der Waals surface area contributed by atoms with Crippen molar-refractivity contribution in [2.75, 3.05) is 6.61 Å². The molecule has 0 bridgehead atoms. The van der Waals surface area contributed by atoms with E-state index in [9.17, 15) is 15.0 Å². The number of carbonyl (C=O) groups is 1. The van der Waals surface area contributed by atoms with Crippen LogP contribution in [0.15, 0.2) is 24.3 Å². The number of aliphatic hydroxyl groups is 2. The van der Waals surface area contributed by atoms with E-state index in [0.29, 0.717) is 6.42 Å². The molecule has 0 aromatic carbocycles. The third-order valence-corrected chi connectivity index (χ3v) is 9.43. The van der Waals surface area contributed by atoms with Gasteiger partial charge in [-0.05, 0) is 44.9 Å². The maximum absolute atomic E-state index is 12.3. The van der Waals surface area contributed by atoms with Gasteiger partial charge in [0.05, 0.1) is 18.8 Å². The summed E-state index contributed by atoms with van der Waals surface area (Å²) in [5.74, 6) is -0.0647. The fourth-order valence-electron chi connectivity index (χ4n) is 6.23. The number of amides is 1. The summed E-state index contributed by atoms with van der Waals surface area (Å²) in [6.07, 6.45) is 48.4. The summed E-state index contributed by atoms with van der Waals surface area (Å²) < 4.78 is 0. The number of nitrogens with one attached hydrogen (secondary N) is 1. The zero-order valence-electron chi connectivity index (χ0n) is 31.1. The lowest BCUT2D eigenvalue weighted by atomic mass is 10.0. The molecule has 0 spiro atoms. The fraction of sp³-hybridized carbons (Fsp3) is 0.881. The van der Waals surface area contributed by atoms with Crippen molar-refractivity contribution in [1.82, 2.24) is 5.32 Å². The van der Waals surface area contributed by atoms with Crippen LogP contribution < -0.4 is 5.32 Å². The molecule has 1 amide bonds. The SMILES string of the molecule is CCCCCCCC/C=C\CCCCCCCCCCCCCC(=O)N[C@@H](CO)[C@H](O)/C=C/CCCCCCCCCCCCC. The Morgan fingerprint density at radius 2 is 0.826 bits per heavy atom. The second-order valence-corrected chi connectivity index (χ2v) is 14.1. The Morgan fingerprint density at radius 3 is 1.20 bits per heavy atom. The summed E-state index contributed by atoms with van der Waals surface area (Å²) in [5, 5.41) is 22.9. The lowest BCUT2D eigenvalue weighted by Gasteiger charge is -2.20. The van der Waals surface area contributed by atoms with Gasteiger partial charge in [0.2, 0.25) is 5.91 Å². The molecule has 0 heterocycles. The first kappa shape index (κ1) is 44.9. The van der Waals surface area contributed by atoms with Crippen molar-refractivity contribution < 1.29 is 15.0 Å². The van der Waals surface area contributed by atoms with E-state index in [1.54, 1.807) is 6.08 Å². The summed E-state index contributed by atoms with van der Waals surface area (Å²) in [6, 6.07) is -0.618. The van der Waals surface area contributed by atoms with Gasteiger partial charge in [0, 0.05) is 6.42 Å². The number of aliphatic hydroxyl groups excluding tert-OH is 2. The Morgan fingerprint density at radius 1 is 0.500 bits per heavy atom. The minimum Gasteiger partial charge on any atom is -0.394 e. The van der Waals surface area contributed by atoms with Crippen molar-refractivity contribution in [1.29, 1.82) is 0 Å². The average molecular weight is 648 g/mol. The molecule has 3 N–H and O–H groups in total. The molecule has 0 saturated heterocycles. The Kier molecular flexibility index (Phi) is 37.4. The van der Waals surface area contributed by atoms with E-state index in [4.69, 9.17) is 0 Å². The molecule has 0 saturated carbocycles. The summed E-state index contributed by atoms with van der Waals surface area (Å²) in [7, 11) is 0. The van der Waals surface area contributed by atoms with E-state index in [1.807, 2.05) is 6.08 Å². The average Bonchev–Trinajstić information content (AvgIpc) is 3.06. The molecular formula is C42H81NO3. The molecular weight excluding hydrogens is 566 g/mol. The predicted molar refractivity (Wildman–Crippen MR) is 202 cm³/mol. The van der Waals surface area contributed by atoms with Crippen molar-refractivity contribution in [3.8, 4) is 0 Å². The van der Waals surface area contributed by atoms with Crippen molar-refractivity contribution in [3.63, 3.8) is 0 Å². The highest BCUT2D eigenvalue weighted by Crippen LogP contribution is 2.14. The highest BCUT2D eigenvalue weighted by Gasteiger charge is 2.17. The molecule has 0 aromatic heterocycles. The Balaban J connectivity index is 3.55. The number of hydrogen-bond donors (Lipinski definition) is 3. The van der Waals surface area contributed by atoms with Gasteiger partial charge in [-0.15, -0.1) is 0 Å². The zero-order valence-corrected chi connectivity index (χ0v) is 31.1. The standard InChI is InChI=1S/C42H81NO3/c1-3-5-7-9-11-13-15-17-18-19-20-21-22-23-24-26-28-30-32-34-36-38-42(46)43-40(39-44)41(45)37-35-33-31-29-27-25-16-14-12-10-8-6-4-2/h17-18,35,37,40-41,44-45H,3-16,19-34,36,38-39H2,1-2H3,(H,43,46)/b18-17-,37-35+/t40-,41+/m0/s1. The highest BCUT2D eigenvalue weighted by molar-refractivity contribution is 5.76. The van der Waals surface area contributed by atoms with Gasteiger partial charge in [-0.2, -0.15) is 0 Å². The molecule has 0 aromatic rings.